The first-order valence-electron chi connectivity index (χ1n) is 9.69. The van der Waals surface area contributed by atoms with E-state index in [1.807, 2.05) is 6.92 Å². The minimum absolute atomic E-state index is 0.00596. The van der Waals surface area contributed by atoms with Crippen LogP contribution in [0.5, 0.6) is 0 Å². The predicted molar refractivity (Wildman–Crippen MR) is 112 cm³/mol. The quantitative estimate of drug-likeness (QED) is 0.729. The molecular weight excluding hydrogens is 393 g/mol. The van der Waals surface area contributed by atoms with Crippen LogP contribution < -0.4 is 10.2 Å². The summed E-state index contributed by atoms with van der Waals surface area (Å²) < 4.78 is 39.5. The molecule has 1 amide bonds. The third kappa shape index (κ3) is 4.94. The number of rotatable bonds is 6. The van der Waals surface area contributed by atoms with Gasteiger partial charge in [0.25, 0.3) is 0 Å². The van der Waals surface area contributed by atoms with Crippen LogP contribution in [0, 0.1) is 5.82 Å². The van der Waals surface area contributed by atoms with E-state index in [9.17, 15) is 17.6 Å². The normalized spacial score (nSPS) is 15.3. The van der Waals surface area contributed by atoms with Gasteiger partial charge < -0.3 is 15.1 Å². The predicted octanol–water partition coefficient (Wildman–Crippen LogP) is 3.15. The lowest BCUT2D eigenvalue weighted by atomic mass is 10.2. The van der Waals surface area contributed by atoms with E-state index in [2.05, 4.69) is 22.2 Å². The van der Waals surface area contributed by atoms with Crippen molar-refractivity contribution in [3.05, 3.63) is 48.3 Å². The number of nitrogens with zero attached hydrogens (tertiary/aromatic N) is 2. The number of piperazine rings is 1. The van der Waals surface area contributed by atoms with Gasteiger partial charge in [0.2, 0.25) is 15.7 Å². The molecule has 1 aliphatic rings. The average molecular weight is 420 g/mol. The highest BCUT2D eigenvalue weighted by Crippen LogP contribution is 2.32. The molecule has 3 rings (SSSR count). The lowest BCUT2D eigenvalue weighted by Crippen LogP contribution is -2.44. The van der Waals surface area contributed by atoms with Gasteiger partial charge in [0.1, 0.15) is 5.82 Å². The van der Waals surface area contributed by atoms with Gasteiger partial charge in [-0.1, -0.05) is 6.92 Å². The Morgan fingerprint density at radius 1 is 1.07 bits per heavy atom. The molecule has 1 fully saturated rings. The molecule has 6 nitrogen and oxygen atoms in total. The topological polar surface area (TPSA) is 69.7 Å². The molecule has 8 heteroatoms. The highest BCUT2D eigenvalue weighted by molar-refractivity contribution is 7.91. The number of hydrogen-bond donors (Lipinski definition) is 1. The van der Waals surface area contributed by atoms with E-state index in [1.54, 1.807) is 12.1 Å². The number of likely N-dealkylation sites (N-methyl/N-ethyl adjacent to an activating group) is 1. The highest BCUT2D eigenvalue weighted by atomic mass is 32.2. The molecule has 2 aromatic rings. The fourth-order valence-electron chi connectivity index (χ4n) is 3.29. The van der Waals surface area contributed by atoms with Crippen LogP contribution in [-0.4, -0.2) is 52.5 Å². The average Bonchev–Trinajstić information content (AvgIpc) is 2.69. The molecule has 0 aromatic heterocycles. The van der Waals surface area contributed by atoms with Crippen molar-refractivity contribution in [1.29, 1.82) is 0 Å². The fourth-order valence-corrected chi connectivity index (χ4v) is 4.69. The Bertz CT molecular complexity index is 969. The van der Waals surface area contributed by atoms with Crippen molar-refractivity contribution in [3.8, 4) is 0 Å². The first-order chi connectivity index (χ1) is 13.8. The van der Waals surface area contributed by atoms with Crippen molar-refractivity contribution in [2.75, 3.05) is 43.4 Å². The summed E-state index contributed by atoms with van der Waals surface area (Å²) in [7, 11) is -1.85. The molecule has 1 heterocycles. The van der Waals surface area contributed by atoms with Crippen molar-refractivity contribution in [3.63, 3.8) is 0 Å². The number of hydrogen-bond acceptors (Lipinski definition) is 5. The summed E-state index contributed by atoms with van der Waals surface area (Å²) in [5.41, 5.74) is 1.12. The zero-order chi connectivity index (χ0) is 21.0. The third-order valence-corrected chi connectivity index (χ3v) is 6.82. The molecule has 2 aromatic carbocycles. The Labute approximate surface area is 171 Å². The number of sulfone groups is 1. The third-order valence-electron chi connectivity index (χ3n) is 5.00. The fraction of sp³-hybridized carbons (Fsp3) is 0.381. The Hall–Kier alpha value is -2.45. The molecule has 1 saturated heterocycles. The highest BCUT2D eigenvalue weighted by Gasteiger charge is 2.24. The molecule has 0 bridgehead atoms. The van der Waals surface area contributed by atoms with Gasteiger partial charge in [-0.25, -0.2) is 12.8 Å². The molecule has 0 radical (unpaired) electrons. The molecule has 0 unspecified atom stereocenters. The maximum absolute atomic E-state index is 13.2. The number of carbonyl (C=O) groups is 1. The van der Waals surface area contributed by atoms with Crippen LogP contribution >= 0.6 is 0 Å². The molecule has 1 N–H and O–H groups in total. The second-order valence-electron chi connectivity index (χ2n) is 7.23. The smallest absolute Gasteiger partial charge is 0.224 e. The van der Waals surface area contributed by atoms with Crippen molar-refractivity contribution < 1.29 is 17.6 Å². The van der Waals surface area contributed by atoms with Gasteiger partial charge in [0.15, 0.2) is 0 Å². The van der Waals surface area contributed by atoms with Gasteiger partial charge in [-0.05, 0) is 55.9 Å². The van der Waals surface area contributed by atoms with Gasteiger partial charge >= 0.3 is 0 Å². The molecular formula is C21H26FN3O3S. The molecule has 0 saturated carbocycles. The Kier molecular flexibility index (Phi) is 6.54. The maximum Gasteiger partial charge on any atom is 0.224 e. The van der Waals surface area contributed by atoms with E-state index in [4.69, 9.17) is 0 Å². The van der Waals surface area contributed by atoms with Crippen LogP contribution in [0.3, 0.4) is 0 Å². The number of nitrogens with one attached hydrogen (secondary N) is 1. The standard InChI is InChI=1S/C21H26FN3O3S/c1-3-4-21(26)23-19-15-17(25-13-11-24(2)12-14-25)7-10-20(19)29(27,28)18-8-5-16(22)6-9-18/h5-10,15H,3-4,11-14H2,1-2H3,(H,23,26). The molecule has 0 aliphatic carbocycles. The second-order valence-corrected chi connectivity index (χ2v) is 9.14. The lowest BCUT2D eigenvalue weighted by Gasteiger charge is -2.34. The number of halogens is 1. The monoisotopic (exact) mass is 419 g/mol. The van der Waals surface area contributed by atoms with Crippen LogP contribution in [0.1, 0.15) is 19.8 Å². The summed E-state index contributed by atoms with van der Waals surface area (Å²) in [5, 5.41) is 2.76. The summed E-state index contributed by atoms with van der Waals surface area (Å²) in [6, 6.07) is 9.69. The van der Waals surface area contributed by atoms with Crippen LogP contribution in [0.4, 0.5) is 15.8 Å². The summed E-state index contributed by atoms with van der Waals surface area (Å²) in [5.74, 6) is -0.746. The van der Waals surface area contributed by atoms with E-state index < -0.39 is 15.7 Å². The van der Waals surface area contributed by atoms with Crippen molar-refractivity contribution in [1.82, 2.24) is 4.90 Å². The van der Waals surface area contributed by atoms with E-state index >= 15 is 0 Å². The summed E-state index contributed by atoms with van der Waals surface area (Å²) in [4.78, 5) is 16.6. The zero-order valence-electron chi connectivity index (χ0n) is 16.7. The summed E-state index contributed by atoms with van der Waals surface area (Å²) >= 11 is 0. The molecule has 0 spiro atoms. The van der Waals surface area contributed by atoms with Crippen molar-refractivity contribution >= 4 is 27.1 Å². The molecule has 1 aliphatic heterocycles. The molecule has 0 atom stereocenters. The largest absolute Gasteiger partial charge is 0.369 e. The van der Waals surface area contributed by atoms with Gasteiger partial charge in [0, 0.05) is 38.3 Å². The lowest BCUT2D eigenvalue weighted by molar-refractivity contribution is -0.116. The minimum Gasteiger partial charge on any atom is -0.369 e. The second kappa shape index (κ2) is 8.92. The maximum atomic E-state index is 13.2. The van der Waals surface area contributed by atoms with Crippen molar-refractivity contribution in [2.24, 2.45) is 0 Å². The molecule has 156 valence electrons. The van der Waals surface area contributed by atoms with Crippen molar-refractivity contribution in [2.45, 2.75) is 29.6 Å². The van der Waals surface area contributed by atoms with Gasteiger partial charge in [0.05, 0.1) is 15.5 Å². The van der Waals surface area contributed by atoms with Gasteiger partial charge in [-0.2, -0.15) is 0 Å². The van der Waals surface area contributed by atoms with Gasteiger partial charge in [-0.15, -0.1) is 0 Å². The Morgan fingerprint density at radius 2 is 1.72 bits per heavy atom. The van der Waals surface area contributed by atoms with Crippen LogP contribution in [0.2, 0.25) is 0 Å². The first-order valence-corrected chi connectivity index (χ1v) is 11.2. The molecule has 29 heavy (non-hydrogen) atoms. The summed E-state index contributed by atoms with van der Waals surface area (Å²) in [6.45, 7) is 5.35. The van der Waals surface area contributed by atoms with E-state index in [0.29, 0.717) is 12.8 Å². The van der Waals surface area contributed by atoms with Crippen LogP contribution in [0.15, 0.2) is 52.3 Å². The SMILES string of the molecule is CCCC(=O)Nc1cc(N2CCN(C)CC2)ccc1S(=O)(=O)c1ccc(F)cc1. The number of benzene rings is 2. The van der Waals surface area contributed by atoms with Crippen LogP contribution in [0.25, 0.3) is 0 Å². The zero-order valence-corrected chi connectivity index (χ0v) is 17.5. The Balaban J connectivity index is 2.00. The number of anilines is 2. The summed E-state index contributed by atoms with van der Waals surface area (Å²) in [6.07, 6.45) is 0.957. The number of carbonyl (C=O) groups excluding carboxylic acids is 1. The van der Waals surface area contributed by atoms with E-state index in [-0.39, 0.29) is 21.4 Å². The number of amides is 1. The van der Waals surface area contributed by atoms with E-state index in [1.165, 1.54) is 18.2 Å². The van der Waals surface area contributed by atoms with Gasteiger partial charge in [-0.3, -0.25) is 4.79 Å². The van der Waals surface area contributed by atoms with Crippen LogP contribution in [-0.2, 0) is 14.6 Å². The first kappa shape index (κ1) is 21.3. The van der Waals surface area contributed by atoms with E-state index in [0.717, 1.165) is 44.0 Å². The Morgan fingerprint density at radius 3 is 2.34 bits per heavy atom. The minimum atomic E-state index is -3.91.